The Morgan fingerprint density at radius 1 is 1.50 bits per heavy atom. The number of hydrogen-bond donors (Lipinski definition) is 4. The lowest BCUT2D eigenvalue weighted by atomic mass is 10.2. The summed E-state index contributed by atoms with van der Waals surface area (Å²) in [6, 6.07) is 0.0572. The van der Waals surface area contributed by atoms with Crippen molar-refractivity contribution < 1.29 is 13.3 Å². The second-order valence-corrected chi connectivity index (χ2v) is 6.70. The number of nitrogens with two attached hydrogens (primary N) is 1. The highest BCUT2D eigenvalue weighted by molar-refractivity contribution is 7.88. The average Bonchev–Trinajstić information content (AvgIpc) is 2.41. The van der Waals surface area contributed by atoms with Gasteiger partial charge < -0.3 is 15.6 Å². The van der Waals surface area contributed by atoms with Crippen LogP contribution in [0.2, 0.25) is 0 Å². The number of sulfonamides is 1. The highest BCUT2D eigenvalue weighted by atomic mass is 32.2. The fraction of sp³-hybridized carbons (Fsp3) is 0.538. The molecular weight excluding hydrogens is 306 g/mol. The van der Waals surface area contributed by atoms with Crippen LogP contribution in [0, 0.1) is 5.41 Å². The standard InChI is InChI=1S/C13H25N5O3S/c1-10(6-5-7-17-22(4,19)20)18-13(16-3)9-12(14)8-11(2)21-15/h8-10,14,17-18H,3,5-7,15H2,1-2,4H3/b11-8+,13-9+,14-12?. The summed E-state index contributed by atoms with van der Waals surface area (Å²) in [5.41, 5.74) is 0.170. The van der Waals surface area contributed by atoms with Gasteiger partial charge in [0, 0.05) is 24.7 Å². The van der Waals surface area contributed by atoms with Gasteiger partial charge >= 0.3 is 0 Å². The first kappa shape index (κ1) is 20.3. The normalized spacial score (nSPS) is 14.4. The Labute approximate surface area is 132 Å². The Kier molecular flexibility index (Phi) is 9.31. The van der Waals surface area contributed by atoms with E-state index < -0.39 is 10.0 Å². The van der Waals surface area contributed by atoms with Crippen molar-refractivity contribution in [3.05, 3.63) is 23.7 Å². The quantitative estimate of drug-likeness (QED) is 0.191. The third-order valence-corrected chi connectivity index (χ3v) is 3.31. The van der Waals surface area contributed by atoms with Crippen LogP contribution in [-0.2, 0) is 14.9 Å². The predicted octanol–water partition coefficient (Wildman–Crippen LogP) is 0.650. The first-order valence-corrected chi connectivity index (χ1v) is 8.60. The van der Waals surface area contributed by atoms with Gasteiger partial charge in [0.05, 0.1) is 12.0 Å². The molecule has 8 nitrogen and oxygen atoms in total. The first-order chi connectivity index (χ1) is 10.2. The molecule has 0 aliphatic rings. The van der Waals surface area contributed by atoms with Crippen molar-refractivity contribution in [3.8, 4) is 0 Å². The first-order valence-electron chi connectivity index (χ1n) is 6.71. The zero-order valence-corrected chi connectivity index (χ0v) is 14.0. The topological polar surface area (TPSA) is 130 Å². The summed E-state index contributed by atoms with van der Waals surface area (Å²) in [6.07, 6.45) is 5.50. The lowest BCUT2D eigenvalue weighted by Crippen LogP contribution is -2.28. The highest BCUT2D eigenvalue weighted by Crippen LogP contribution is 2.02. The molecule has 0 aromatic carbocycles. The number of rotatable bonds is 11. The van der Waals surface area contributed by atoms with Gasteiger partial charge in [0.1, 0.15) is 11.6 Å². The van der Waals surface area contributed by atoms with Gasteiger partial charge in [0.25, 0.3) is 0 Å². The lowest BCUT2D eigenvalue weighted by molar-refractivity contribution is 0.223. The number of nitrogens with one attached hydrogen (secondary N) is 3. The second kappa shape index (κ2) is 10.1. The molecule has 0 saturated heterocycles. The average molecular weight is 331 g/mol. The van der Waals surface area contributed by atoms with Gasteiger partial charge in [-0.15, -0.1) is 0 Å². The maximum Gasteiger partial charge on any atom is 0.208 e. The van der Waals surface area contributed by atoms with Crippen LogP contribution in [0.1, 0.15) is 26.7 Å². The van der Waals surface area contributed by atoms with Crippen LogP contribution in [0.4, 0.5) is 0 Å². The lowest BCUT2D eigenvalue weighted by Gasteiger charge is -2.15. The van der Waals surface area contributed by atoms with Crippen LogP contribution in [0.25, 0.3) is 0 Å². The largest absolute Gasteiger partial charge is 0.416 e. The highest BCUT2D eigenvalue weighted by Gasteiger charge is 2.05. The maximum atomic E-state index is 10.9. The summed E-state index contributed by atoms with van der Waals surface area (Å²) in [4.78, 5) is 8.29. The van der Waals surface area contributed by atoms with E-state index in [1.165, 1.54) is 12.2 Å². The van der Waals surface area contributed by atoms with Crippen molar-refractivity contribution in [1.82, 2.24) is 10.0 Å². The Morgan fingerprint density at radius 3 is 2.64 bits per heavy atom. The molecule has 0 heterocycles. The summed E-state index contributed by atoms with van der Waals surface area (Å²) in [5.74, 6) is 5.84. The van der Waals surface area contributed by atoms with Crippen LogP contribution >= 0.6 is 0 Å². The molecule has 22 heavy (non-hydrogen) atoms. The predicted molar refractivity (Wildman–Crippen MR) is 89.1 cm³/mol. The van der Waals surface area contributed by atoms with Crippen LogP contribution < -0.4 is 15.9 Å². The van der Waals surface area contributed by atoms with E-state index in [1.807, 2.05) is 6.92 Å². The third-order valence-electron chi connectivity index (χ3n) is 2.58. The van der Waals surface area contributed by atoms with Gasteiger partial charge in [-0.2, -0.15) is 5.90 Å². The zero-order chi connectivity index (χ0) is 17.2. The molecule has 0 aliphatic heterocycles. The van der Waals surface area contributed by atoms with Gasteiger partial charge in [-0.05, 0) is 33.4 Å². The fourth-order valence-corrected chi connectivity index (χ4v) is 2.08. The molecule has 126 valence electrons. The SMILES string of the molecule is C=N/C(=C\C(=N)/C=C(\C)ON)NC(C)CCCNS(C)(=O)=O. The molecule has 5 N–H and O–H groups in total. The summed E-state index contributed by atoms with van der Waals surface area (Å²) < 4.78 is 24.3. The zero-order valence-electron chi connectivity index (χ0n) is 13.2. The summed E-state index contributed by atoms with van der Waals surface area (Å²) in [5, 5.41) is 10.8. The molecular formula is C13H25N5O3S. The molecule has 0 rings (SSSR count). The van der Waals surface area contributed by atoms with Crippen molar-refractivity contribution >= 4 is 22.5 Å². The monoisotopic (exact) mass is 331 g/mol. The molecule has 0 saturated carbocycles. The van der Waals surface area contributed by atoms with Gasteiger partial charge in [-0.25, -0.2) is 18.1 Å². The van der Waals surface area contributed by atoms with E-state index in [-0.39, 0.29) is 11.8 Å². The van der Waals surface area contributed by atoms with E-state index in [4.69, 9.17) is 11.3 Å². The van der Waals surface area contributed by atoms with Crippen LogP contribution in [-0.4, -0.2) is 39.7 Å². The van der Waals surface area contributed by atoms with Crippen molar-refractivity contribution in [1.29, 1.82) is 5.41 Å². The molecule has 0 radical (unpaired) electrons. The summed E-state index contributed by atoms with van der Waals surface area (Å²) in [6.45, 7) is 7.41. The molecule has 0 aromatic rings. The molecule has 0 amide bonds. The Bertz CT molecular complexity index is 540. The number of aliphatic imine (C=N–C) groups is 1. The molecule has 0 aliphatic carbocycles. The van der Waals surface area contributed by atoms with Crippen molar-refractivity contribution in [2.24, 2.45) is 10.9 Å². The second-order valence-electron chi connectivity index (χ2n) is 4.87. The Hall–Kier alpha value is -1.71. The minimum absolute atomic E-state index is 0.0572. The van der Waals surface area contributed by atoms with E-state index in [0.29, 0.717) is 24.5 Å². The minimum Gasteiger partial charge on any atom is -0.416 e. The molecule has 1 unspecified atom stereocenters. The van der Waals surface area contributed by atoms with E-state index >= 15 is 0 Å². The van der Waals surface area contributed by atoms with E-state index in [2.05, 4.69) is 26.6 Å². The minimum atomic E-state index is -3.15. The number of nitrogens with zero attached hydrogens (tertiary/aromatic N) is 1. The number of hydrogen-bond acceptors (Lipinski definition) is 7. The van der Waals surface area contributed by atoms with Crippen molar-refractivity contribution in [2.75, 3.05) is 12.8 Å². The fourth-order valence-electron chi connectivity index (χ4n) is 1.57. The van der Waals surface area contributed by atoms with Gasteiger partial charge in [0.15, 0.2) is 0 Å². The van der Waals surface area contributed by atoms with E-state index in [9.17, 15) is 8.42 Å². The maximum absolute atomic E-state index is 10.9. The van der Waals surface area contributed by atoms with Crippen LogP contribution in [0.15, 0.2) is 28.7 Å². The molecule has 0 spiro atoms. The van der Waals surface area contributed by atoms with Gasteiger partial charge in [-0.3, -0.25) is 0 Å². The third kappa shape index (κ3) is 11.0. The van der Waals surface area contributed by atoms with Crippen LogP contribution in [0.3, 0.4) is 0 Å². The van der Waals surface area contributed by atoms with Gasteiger partial charge in [0.2, 0.25) is 10.0 Å². The van der Waals surface area contributed by atoms with E-state index in [0.717, 1.165) is 12.7 Å². The molecule has 9 heteroatoms. The van der Waals surface area contributed by atoms with E-state index in [1.54, 1.807) is 6.92 Å². The molecule has 0 fully saturated rings. The molecule has 0 aromatic heterocycles. The molecule has 1 atom stereocenters. The number of allylic oxidation sites excluding steroid dienone is 3. The smallest absolute Gasteiger partial charge is 0.208 e. The summed E-state index contributed by atoms with van der Waals surface area (Å²) >= 11 is 0. The molecule has 0 bridgehead atoms. The summed E-state index contributed by atoms with van der Waals surface area (Å²) in [7, 11) is -3.15. The van der Waals surface area contributed by atoms with Crippen molar-refractivity contribution in [2.45, 2.75) is 32.7 Å². The van der Waals surface area contributed by atoms with Crippen molar-refractivity contribution in [3.63, 3.8) is 0 Å². The van der Waals surface area contributed by atoms with Gasteiger partial charge in [-0.1, -0.05) is 0 Å². The Morgan fingerprint density at radius 2 is 2.14 bits per heavy atom. The van der Waals surface area contributed by atoms with Crippen LogP contribution in [0.5, 0.6) is 0 Å². The Balaban J connectivity index is 4.37.